The first kappa shape index (κ1) is 12.9. The van der Waals surface area contributed by atoms with Crippen LogP contribution in [0.5, 0.6) is 0 Å². The minimum atomic E-state index is 1.03. The Morgan fingerprint density at radius 2 is 1.75 bits per heavy atom. The molecule has 2 nitrogen and oxygen atoms in total. The Balaban J connectivity index is 2.17. The van der Waals surface area contributed by atoms with Crippen LogP contribution in [-0.2, 0) is 6.42 Å². The van der Waals surface area contributed by atoms with Gasteiger partial charge in [-0.2, -0.15) is 0 Å². The number of nitrogens with zero attached hydrogens (tertiary/aromatic N) is 2. The van der Waals surface area contributed by atoms with Crippen LogP contribution in [0.3, 0.4) is 0 Å². The SMILES string of the molecule is CCCCc1nc2ccccc2n1-c1ccc(C)cc1. The largest absolute Gasteiger partial charge is 0.296 e. The van der Waals surface area contributed by atoms with Gasteiger partial charge in [-0.1, -0.05) is 43.2 Å². The number of hydrogen-bond donors (Lipinski definition) is 0. The molecule has 0 atom stereocenters. The van der Waals surface area contributed by atoms with E-state index in [0.717, 1.165) is 17.8 Å². The van der Waals surface area contributed by atoms with E-state index in [1.165, 1.54) is 29.6 Å². The van der Waals surface area contributed by atoms with E-state index in [1.807, 2.05) is 0 Å². The second-order valence-electron chi connectivity index (χ2n) is 5.29. The molecule has 0 aliphatic rings. The van der Waals surface area contributed by atoms with E-state index >= 15 is 0 Å². The van der Waals surface area contributed by atoms with Crippen LogP contribution in [0, 0.1) is 6.92 Å². The normalized spacial score (nSPS) is 11.1. The average molecular weight is 264 g/mol. The maximum Gasteiger partial charge on any atom is 0.114 e. The van der Waals surface area contributed by atoms with E-state index in [1.54, 1.807) is 0 Å². The maximum atomic E-state index is 4.81. The summed E-state index contributed by atoms with van der Waals surface area (Å²) in [6, 6.07) is 17.1. The zero-order chi connectivity index (χ0) is 13.9. The van der Waals surface area contributed by atoms with Gasteiger partial charge in [0.1, 0.15) is 5.82 Å². The Kier molecular flexibility index (Phi) is 3.55. The molecule has 20 heavy (non-hydrogen) atoms. The maximum absolute atomic E-state index is 4.81. The number of unbranched alkanes of at least 4 members (excludes halogenated alkanes) is 1. The highest BCUT2D eigenvalue weighted by Gasteiger charge is 2.11. The van der Waals surface area contributed by atoms with E-state index in [9.17, 15) is 0 Å². The van der Waals surface area contributed by atoms with E-state index in [0.29, 0.717) is 0 Å². The van der Waals surface area contributed by atoms with Crippen LogP contribution in [0.2, 0.25) is 0 Å². The zero-order valence-electron chi connectivity index (χ0n) is 12.1. The van der Waals surface area contributed by atoms with E-state index < -0.39 is 0 Å². The zero-order valence-corrected chi connectivity index (χ0v) is 12.1. The Morgan fingerprint density at radius 1 is 1.00 bits per heavy atom. The molecule has 0 aliphatic heterocycles. The molecule has 2 aromatic carbocycles. The Hall–Kier alpha value is -2.09. The lowest BCUT2D eigenvalue weighted by Gasteiger charge is -2.09. The fraction of sp³-hybridized carbons (Fsp3) is 0.278. The van der Waals surface area contributed by atoms with E-state index in [4.69, 9.17) is 4.98 Å². The monoisotopic (exact) mass is 264 g/mol. The van der Waals surface area contributed by atoms with Gasteiger partial charge >= 0.3 is 0 Å². The third kappa shape index (κ3) is 2.34. The smallest absolute Gasteiger partial charge is 0.114 e. The molecule has 3 rings (SSSR count). The molecule has 3 aromatic rings. The van der Waals surface area contributed by atoms with Gasteiger partial charge in [-0.25, -0.2) is 4.98 Å². The summed E-state index contributed by atoms with van der Waals surface area (Å²) < 4.78 is 2.30. The molecule has 1 aromatic heterocycles. The third-order valence-corrected chi connectivity index (χ3v) is 3.68. The lowest BCUT2D eigenvalue weighted by Crippen LogP contribution is -2.01. The van der Waals surface area contributed by atoms with Crippen LogP contribution in [-0.4, -0.2) is 9.55 Å². The fourth-order valence-electron chi connectivity index (χ4n) is 2.56. The molecule has 0 aliphatic carbocycles. The fourth-order valence-corrected chi connectivity index (χ4v) is 2.56. The van der Waals surface area contributed by atoms with Crippen molar-refractivity contribution >= 4 is 11.0 Å². The summed E-state index contributed by atoms with van der Waals surface area (Å²) in [6.45, 7) is 4.34. The molecular weight excluding hydrogens is 244 g/mol. The van der Waals surface area contributed by atoms with Crippen molar-refractivity contribution in [1.29, 1.82) is 0 Å². The molecule has 1 heterocycles. The standard InChI is InChI=1S/C18H20N2/c1-3-4-9-18-19-16-7-5-6-8-17(16)20(18)15-12-10-14(2)11-13-15/h5-8,10-13H,3-4,9H2,1-2H3. The quantitative estimate of drug-likeness (QED) is 0.669. The molecule has 0 bridgehead atoms. The second-order valence-corrected chi connectivity index (χ2v) is 5.29. The average Bonchev–Trinajstić information content (AvgIpc) is 2.84. The summed E-state index contributed by atoms with van der Waals surface area (Å²) in [7, 11) is 0. The van der Waals surface area contributed by atoms with Crippen LogP contribution in [0.1, 0.15) is 31.2 Å². The predicted octanol–water partition coefficient (Wildman–Crippen LogP) is 4.68. The van der Waals surface area contributed by atoms with Crippen molar-refractivity contribution in [3.05, 3.63) is 59.9 Å². The summed E-state index contributed by atoms with van der Waals surface area (Å²) in [5.74, 6) is 1.16. The van der Waals surface area contributed by atoms with Crippen LogP contribution in [0.4, 0.5) is 0 Å². The van der Waals surface area contributed by atoms with Crippen LogP contribution in [0.25, 0.3) is 16.7 Å². The summed E-state index contributed by atoms with van der Waals surface area (Å²) >= 11 is 0. The number of imidazole rings is 1. The molecule has 0 N–H and O–H groups in total. The molecule has 0 spiro atoms. The van der Waals surface area contributed by atoms with Crippen molar-refractivity contribution in [2.24, 2.45) is 0 Å². The van der Waals surface area contributed by atoms with Crippen LogP contribution < -0.4 is 0 Å². The number of benzene rings is 2. The number of para-hydroxylation sites is 2. The molecular formula is C18H20N2. The van der Waals surface area contributed by atoms with Gasteiger partial charge in [-0.15, -0.1) is 0 Å². The van der Waals surface area contributed by atoms with Crippen molar-refractivity contribution in [2.45, 2.75) is 33.1 Å². The van der Waals surface area contributed by atoms with Crippen molar-refractivity contribution in [1.82, 2.24) is 9.55 Å². The molecule has 2 heteroatoms. The minimum absolute atomic E-state index is 1.03. The first-order chi connectivity index (χ1) is 9.79. The topological polar surface area (TPSA) is 17.8 Å². The predicted molar refractivity (Wildman–Crippen MR) is 84.4 cm³/mol. The Labute approximate surface area is 120 Å². The lowest BCUT2D eigenvalue weighted by molar-refractivity contribution is 0.744. The third-order valence-electron chi connectivity index (χ3n) is 3.68. The van der Waals surface area contributed by atoms with Gasteiger partial charge < -0.3 is 0 Å². The second kappa shape index (κ2) is 5.49. The minimum Gasteiger partial charge on any atom is -0.296 e. The number of aromatic nitrogens is 2. The molecule has 0 saturated heterocycles. The first-order valence-corrected chi connectivity index (χ1v) is 7.33. The van der Waals surface area contributed by atoms with Gasteiger partial charge in [0.05, 0.1) is 11.0 Å². The summed E-state index contributed by atoms with van der Waals surface area (Å²) in [6.07, 6.45) is 3.39. The molecule has 0 unspecified atom stereocenters. The molecule has 0 fully saturated rings. The molecule has 102 valence electrons. The van der Waals surface area contributed by atoms with Gasteiger partial charge in [-0.05, 0) is 37.6 Å². The van der Waals surface area contributed by atoms with Crippen molar-refractivity contribution < 1.29 is 0 Å². The van der Waals surface area contributed by atoms with Crippen LogP contribution >= 0.6 is 0 Å². The number of fused-ring (bicyclic) bond motifs is 1. The van der Waals surface area contributed by atoms with E-state index in [2.05, 4.69) is 66.9 Å². The molecule has 0 amide bonds. The van der Waals surface area contributed by atoms with Gasteiger partial charge in [-0.3, -0.25) is 4.57 Å². The van der Waals surface area contributed by atoms with Gasteiger partial charge in [0.2, 0.25) is 0 Å². The van der Waals surface area contributed by atoms with Gasteiger partial charge in [0.15, 0.2) is 0 Å². The Morgan fingerprint density at radius 3 is 2.50 bits per heavy atom. The lowest BCUT2D eigenvalue weighted by atomic mass is 10.2. The summed E-state index contributed by atoms with van der Waals surface area (Å²) in [5, 5.41) is 0. The van der Waals surface area contributed by atoms with Gasteiger partial charge in [0.25, 0.3) is 0 Å². The number of aryl methyl sites for hydroxylation is 2. The number of rotatable bonds is 4. The summed E-state index contributed by atoms with van der Waals surface area (Å²) in [5.41, 5.74) is 4.77. The van der Waals surface area contributed by atoms with Crippen LogP contribution in [0.15, 0.2) is 48.5 Å². The van der Waals surface area contributed by atoms with Gasteiger partial charge in [0, 0.05) is 12.1 Å². The highest BCUT2D eigenvalue weighted by Crippen LogP contribution is 2.22. The van der Waals surface area contributed by atoms with E-state index in [-0.39, 0.29) is 0 Å². The van der Waals surface area contributed by atoms with Crippen molar-refractivity contribution in [3.8, 4) is 5.69 Å². The molecule has 0 saturated carbocycles. The Bertz CT molecular complexity index is 708. The highest BCUT2D eigenvalue weighted by molar-refractivity contribution is 5.78. The molecule has 0 radical (unpaired) electrons. The highest BCUT2D eigenvalue weighted by atomic mass is 15.1. The summed E-state index contributed by atoms with van der Waals surface area (Å²) in [4.78, 5) is 4.81. The van der Waals surface area contributed by atoms with Crippen molar-refractivity contribution in [3.63, 3.8) is 0 Å². The first-order valence-electron chi connectivity index (χ1n) is 7.33. The van der Waals surface area contributed by atoms with Crippen molar-refractivity contribution in [2.75, 3.05) is 0 Å². The number of hydrogen-bond acceptors (Lipinski definition) is 1.